The average molecular weight is 114 g/mol. The zero-order valence-corrected chi connectivity index (χ0v) is 4.51. The summed E-state index contributed by atoms with van der Waals surface area (Å²) in [6, 6.07) is 0. The Morgan fingerprint density at radius 3 is 2.12 bits per heavy atom. The molecule has 0 saturated heterocycles. The molecule has 0 heterocycles. The van der Waals surface area contributed by atoms with E-state index in [9.17, 15) is 14.4 Å². The summed E-state index contributed by atoms with van der Waals surface area (Å²) in [6.07, 6.45) is 0.142. The van der Waals surface area contributed by atoms with Gasteiger partial charge in [-0.05, 0) is 0 Å². The van der Waals surface area contributed by atoms with Crippen molar-refractivity contribution in [2.45, 2.75) is 13.3 Å². The van der Waals surface area contributed by atoms with Crippen LogP contribution in [0.5, 0.6) is 0 Å². The first-order valence-corrected chi connectivity index (χ1v) is 2.24. The van der Waals surface area contributed by atoms with Crippen molar-refractivity contribution in [3.63, 3.8) is 0 Å². The van der Waals surface area contributed by atoms with Crippen LogP contribution in [0.2, 0.25) is 0 Å². The topological polar surface area (TPSA) is 51.2 Å². The Balaban J connectivity index is 3.82. The van der Waals surface area contributed by atoms with E-state index in [1.54, 1.807) is 0 Å². The Kier molecular flexibility index (Phi) is 2.69. The number of Topliss-reactive ketones (excluding diaryl/α,β-unsaturated/α-hetero) is 2. The highest BCUT2D eigenvalue weighted by Gasteiger charge is 2.07. The molecule has 0 atom stereocenters. The van der Waals surface area contributed by atoms with Gasteiger partial charge in [0.2, 0.25) is 5.78 Å². The first-order chi connectivity index (χ1) is 3.72. The molecule has 0 aliphatic carbocycles. The van der Waals surface area contributed by atoms with Crippen LogP contribution in [-0.2, 0) is 14.4 Å². The zero-order valence-electron chi connectivity index (χ0n) is 4.51. The van der Waals surface area contributed by atoms with Crippen molar-refractivity contribution in [3.05, 3.63) is 0 Å². The summed E-state index contributed by atoms with van der Waals surface area (Å²) >= 11 is 0. The molecule has 0 spiro atoms. The summed E-state index contributed by atoms with van der Waals surface area (Å²) in [4.78, 5) is 29.7. The predicted octanol–water partition coefficient (Wildman–Crippen LogP) is -0.266. The highest BCUT2D eigenvalue weighted by Crippen LogP contribution is 1.78. The summed E-state index contributed by atoms with van der Waals surface area (Å²) in [5.74, 6) is -1.56. The molecule has 0 saturated carbocycles. The number of ketones is 2. The summed E-state index contributed by atoms with van der Waals surface area (Å²) in [5, 5.41) is 0. The van der Waals surface area contributed by atoms with Crippen LogP contribution < -0.4 is 0 Å². The molecule has 0 aromatic carbocycles. The molecule has 0 aliphatic rings. The molecule has 0 unspecified atom stereocenters. The number of aldehydes is 1. The van der Waals surface area contributed by atoms with E-state index < -0.39 is 11.6 Å². The maximum Gasteiger partial charge on any atom is 0.260 e. The molecule has 0 bridgehead atoms. The molecule has 3 nitrogen and oxygen atoms in total. The Morgan fingerprint density at radius 1 is 1.50 bits per heavy atom. The molecule has 0 fully saturated rings. The maximum absolute atomic E-state index is 10.2. The molecule has 0 aromatic rings. The smallest absolute Gasteiger partial charge is 0.260 e. The fourth-order valence-corrected chi connectivity index (χ4v) is 0.240. The van der Waals surface area contributed by atoms with E-state index >= 15 is 0 Å². The van der Waals surface area contributed by atoms with E-state index in [2.05, 4.69) is 0 Å². The van der Waals surface area contributed by atoms with Gasteiger partial charge in [0.05, 0.1) is 0 Å². The minimum Gasteiger partial charge on any atom is -0.294 e. The van der Waals surface area contributed by atoms with Crippen molar-refractivity contribution in [2.75, 3.05) is 0 Å². The molecule has 44 valence electrons. The number of carbonyl (C=O) groups is 3. The van der Waals surface area contributed by atoms with Crippen LogP contribution in [0, 0.1) is 0 Å². The maximum atomic E-state index is 10.2. The fourth-order valence-electron chi connectivity index (χ4n) is 0.240. The van der Waals surface area contributed by atoms with Crippen LogP contribution in [-0.4, -0.2) is 17.9 Å². The molecule has 3 heteroatoms. The molecule has 0 radical (unpaired) electrons. The standard InChI is InChI=1S/C5H6O3/c1-2-4(7)5(8)3-6/h3H,2H2,1H3. The number of rotatable bonds is 3. The summed E-state index contributed by atoms with van der Waals surface area (Å²) in [5.41, 5.74) is 0. The normalized spacial score (nSPS) is 8.12. The van der Waals surface area contributed by atoms with Crippen molar-refractivity contribution in [1.29, 1.82) is 0 Å². The van der Waals surface area contributed by atoms with Gasteiger partial charge in [0, 0.05) is 6.42 Å². The van der Waals surface area contributed by atoms with Crippen molar-refractivity contribution in [1.82, 2.24) is 0 Å². The van der Waals surface area contributed by atoms with Gasteiger partial charge >= 0.3 is 0 Å². The van der Waals surface area contributed by atoms with E-state index in [1.165, 1.54) is 6.92 Å². The Hall–Kier alpha value is -0.990. The second-order valence-electron chi connectivity index (χ2n) is 1.26. The van der Waals surface area contributed by atoms with Gasteiger partial charge in [-0.1, -0.05) is 6.92 Å². The third-order valence-corrected chi connectivity index (χ3v) is 0.703. The summed E-state index contributed by atoms with van der Waals surface area (Å²) in [6.45, 7) is 1.53. The van der Waals surface area contributed by atoms with Crippen molar-refractivity contribution in [3.8, 4) is 0 Å². The minimum absolute atomic E-state index is 0.0336. The highest BCUT2D eigenvalue weighted by atomic mass is 16.2. The number of hydrogen-bond donors (Lipinski definition) is 0. The lowest BCUT2D eigenvalue weighted by molar-refractivity contribution is -0.139. The van der Waals surface area contributed by atoms with Crippen LogP contribution in [0.25, 0.3) is 0 Å². The van der Waals surface area contributed by atoms with Crippen molar-refractivity contribution in [2.24, 2.45) is 0 Å². The lowest BCUT2D eigenvalue weighted by Crippen LogP contribution is -2.12. The largest absolute Gasteiger partial charge is 0.294 e. The number of hydrogen-bond acceptors (Lipinski definition) is 3. The van der Waals surface area contributed by atoms with E-state index in [0.29, 0.717) is 0 Å². The van der Waals surface area contributed by atoms with Crippen LogP contribution in [0.1, 0.15) is 13.3 Å². The molecular weight excluding hydrogens is 108 g/mol. The van der Waals surface area contributed by atoms with E-state index in [0.717, 1.165) is 0 Å². The first kappa shape index (κ1) is 7.01. The van der Waals surface area contributed by atoms with Crippen molar-refractivity contribution >= 4 is 17.9 Å². The van der Waals surface area contributed by atoms with E-state index in [4.69, 9.17) is 0 Å². The lowest BCUT2D eigenvalue weighted by atomic mass is 10.2. The SMILES string of the molecule is CCC(=O)C(=O)C=O. The molecular formula is C5H6O3. The number of carbonyl (C=O) groups excluding carboxylic acids is 3. The Morgan fingerprint density at radius 2 is 2.00 bits per heavy atom. The van der Waals surface area contributed by atoms with Gasteiger partial charge in [0.25, 0.3) is 5.78 Å². The van der Waals surface area contributed by atoms with E-state index in [-0.39, 0.29) is 12.7 Å². The highest BCUT2D eigenvalue weighted by molar-refractivity contribution is 6.57. The molecule has 0 aliphatic heterocycles. The van der Waals surface area contributed by atoms with Gasteiger partial charge in [-0.15, -0.1) is 0 Å². The Labute approximate surface area is 46.7 Å². The third-order valence-electron chi connectivity index (χ3n) is 0.703. The second kappa shape index (κ2) is 3.07. The molecule has 0 N–H and O–H groups in total. The average Bonchev–Trinajstić information content (AvgIpc) is 1.84. The van der Waals surface area contributed by atoms with Crippen molar-refractivity contribution < 1.29 is 14.4 Å². The van der Waals surface area contributed by atoms with Gasteiger partial charge < -0.3 is 0 Å². The van der Waals surface area contributed by atoms with Crippen LogP contribution in [0.15, 0.2) is 0 Å². The van der Waals surface area contributed by atoms with Crippen LogP contribution in [0.4, 0.5) is 0 Å². The molecule has 8 heavy (non-hydrogen) atoms. The lowest BCUT2D eigenvalue weighted by Gasteiger charge is -1.80. The minimum atomic E-state index is -0.937. The second-order valence-corrected chi connectivity index (χ2v) is 1.26. The summed E-state index contributed by atoms with van der Waals surface area (Å²) < 4.78 is 0. The Bertz CT molecular complexity index is 126. The molecule has 0 amide bonds. The first-order valence-electron chi connectivity index (χ1n) is 2.24. The monoisotopic (exact) mass is 114 g/mol. The predicted molar refractivity (Wildman–Crippen MR) is 26.4 cm³/mol. The van der Waals surface area contributed by atoms with Gasteiger partial charge in [-0.25, -0.2) is 0 Å². The van der Waals surface area contributed by atoms with Gasteiger partial charge in [0.1, 0.15) is 0 Å². The van der Waals surface area contributed by atoms with Gasteiger partial charge in [-0.3, -0.25) is 14.4 Å². The molecule has 0 rings (SSSR count). The summed E-state index contributed by atoms with van der Waals surface area (Å²) in [7, 11) is 0. The van der Waals surface area contributed by atoms with Crippen LogP contribution >= 0.6 is 0 Å². The van der Waals surface area contributed by atoms with Crippen LogP contribution in [0.3, 0.4) is 0 Å². The zero-order chi connectivity index (χ0) is 6.57. The van der Waals surface area contributed by atoms with Gasteiger partial charge in [0.15, 0.2) is 6.29 Å². The fraction of sp³-hybridized carbons (Fsp3) is 0.400. The molecule has 0 aromatic heterocycles. The quantitative estimate of drug-likeness (QED) is 0.288. The third kappa shape index (κ3) is 1.64. The van der Waals surface area contributed by atoms with E-state index in [1.807, 2.05) is 0 Å². The van der Waals surface area contributed by atoms with Gasteiger partial charge in [-0.2, -0.15) is 0 Å².